The van der Waals surface area contributed by atoms with Crippen LogP contribution in [-0.2, 0) is 0 Å². The molecule has 5 rings (SSSR count). The molecule has 1 amide bonds. The second kappa shape index (κ2) is 9.36. The number of amides is 1. The molecule has 4 aromatic rings. The van der Waals surface area contributed by atoms with Gasteiger partial charge in [0.2, 0.25) is 0 Å². The van der Waals surface area contributed by atoms with Crippen molar-refractivity contribution in [3.63, 3.8) is 0 Å². The smallest absolute Gasteiger partial charge is 0.295 e. The maximum absolute atomic E-state index is 14.8. The minimum Gasteiger partial charge on any atom is -0.424 e. The molecule has 7 nitrogen and oxygen atoms in total. The van der Waals surface area contributed by atoms with Crippen LogP contribution in [0.25, 0.3) is 22.5 Å². The highest BCUT2D eigenvalue weighted by atomic mass is 19.1. The number of likely N-dealkylation sites (tertiary alicyclic amines) is 1. The van der Waals surface area contributed by atoms with Crippen LogP contribution in [0.15, 0.2) is 53.2 Å². The number of nitrogens with one attached hydrogen (secondary N) is 1. The molecule has 0 radical (unpaired) electrons. The number of benzene rings is 2. The molecule has 0 unspecified atom stereocenters. The van der Waals surface area contributed by atoms with Crippen molar-refractivity contribution < 1.29 is 22.4 Å². The van der Waals surface area contributed by atoms with E-state index in [4.69, 9.17) is 4.42 Å². The number of aromatic nitrogens is 3. The zero-order chi connectivity index (χ0) is 24.5. The summed E-state index contributed by atoms with van der Waals surface area (Å²) < 4.78 is 48.2. The van der Waals surface area contributed by atoms with E-state index >= 15 is 0 Å². The number of hydrogen-bond acceptors (Lipinski definition) is 6. The lowest BCUT2D eigenvalue weighted by molar-refractivity contribution is 0.0539. The lowest BCUT2D eigenvalue weighted by Gasteiger charge is -2.40. The first-order valence-electron chi connectivity index (χ1n) is 11.3. The second-order valence-corrected chi connectivity index (χ2v) is 8.58. The number of oxazole rings is 1. The van der Waals surface area contributed by atoms with Gasteiger partial charge < -0.3 is 14.6 Å². The number of halogens is 3. The summed E-state index contributed by atoms with van der Waals surface area (Å²) in [6.07, 6.45) is 4.49. The predicted molar refractivity (Wildman–Crippen MR) is 123 cm³/mol. The van der Waals surface area contributed by atoms with Crippen molar-refractivity contribution in [3.8, 4) is 11.4 Å². The SMILES string of the molecule is C[C@@H]1CCCN(C(=O)c2cc(F)cc(F)c2-c2ncccn2)[C@@H]1CNc1nc2cc(F)ccc2o1. The third kappa shape index (κ3) is 4.55. The standard InChI is InChI=1S/C25H22F3N5O2/c1-14-4-2-9-33(20(14)13-31-25-32-19-12-15(26)5-6-21(19)35-25)24(34)17-10-16(27)11-18(28)22(17)23-29-7-3-8-30-23/h3,5-8,10-12,14,20H,2,4,9,13H2,1H3,(H,31,32)/t14-,20-/m1/s1. The first-order valence-corrected chi connectivity index (χ1v) is 11.3. The molecule has 0 saturated carbocycles. The van der Waals surface area contributed by atoms with E-state index in [0.29, 0.717) is 17.6 Å². The molecule has 0 bridgehead atoms. The van der Waals surface area contributed by atoms with Gasteiger partial charge in [-0.1, -0.05) is 6.92 Å². The number of carbonyl (C=O) groups is 1. The molecule has 1 aliphatic rings. The van der Waals surface area contributed by atoms with Crippen LogP contribution < -0.4 is 5.32 Å². The number of hydrogen-bond donors (Lipinski definition) is 1. The van der Waals surface area contributed by atoms with E-state index in [1.807, 2.05) is 6.92 Å². The number of nitrogens with zero attached hydrogens (tertiary/aromatic N) is 4. The van der Waals surface area contributed by atoms with Gasteiger partial charge in [0.25, 0.3) is 11.9 Å². The van der Waals surface area contributed by atoms with E-state index < -0.39 is 23.4 Å². The number of fused-ring (bicyclic) bond motifs is 1. The molecule has 2 aromatic heterocycles. The average molecular weight is 481 g/mol. The van der Waals surface area contributed by atoms with Crippen LogP contribution in [0.1, 0.15) is 30.1 Å². The van der Waals surface area contributed by atoms with Crippen molar-refractivity contribution in [2.75, 3.05) is 18.4 Å². The zero-order valence-corrected chi connectivity index (χ0v) is 18.8. The maximum Gasteiger partial charge on any atom is 0.295 e. The molecule has 2 aromatic carbocycles. The van der Waals surface area contributed by atoms with Gasteiger partial charge in [-0.05, 0) is 43.0 Å². The minimum atomic E-state index is -0.905. The second-order valence-electron chi connectivity index (χ2n) is 8.58. The highest BCUT2D eigenvalue weighted by Gasteiger charge is 2.34. The topological polar surface area (TPSA) is 84.2 Å². The van der Waals surface area contributed by atoms with Crippen molar-refractivity contribution in [2.45, 2.75) is 25.8 Å². The van der Waals surface area contributed by atoms with Gasteiger partial charge >= 0.3 is 0 Å². The van der Waals surface area contributed by atoms with Gasteiger partial charge in [0, 0.05) is 37.6 Å². The number of rotatable bonds is 5. The molecule has 0 spiro atoms. The summed E-state index contributed by atoms with van der Waals surface area (Å²) in [5, 5.41) is 3.09. The molecular formula is C25H22F3N5O2. The van der Waals surface area contributed by atoms with Gasteiger partial charge in [-0.15, -0.1) is 0 Å². The third-order valence-electron chi connectivity index (χ3n) is 6.26. The molecule has 3 heterocycles. The lowest BCUT2D eigenvalue weighted by atomic mass is 9.89. The zero-order valence-electron chi connectivity index (χ0n) is 18.8. The molecule has 1 saturated heterocycles. The van der Waals surface area contributed by atoms with Crippen LogP contribution >= 0.6 is 0 Å². The fourth-order valence-corrected chi connectivity index (χ4v) is 4.53. The fourth-order valence-electron chi connectivity index (χ4n) is 4.53. The van der Waals surface area contributed by atoms with E-state index in [1.54, 1.807) is 11.0 Å². The Balaban J connectivity index is 1.44. The Morgan fingerprint density at radius 3 is 2.74 bits per heavy atom. The quantitative estimate of drug-likeness (QED) is 0.429. The largest absolute Gasteiger partial charge is 0.424 e. The Labute approximate surface area is 199 Å². The number of anilines is 1. The molecular weight excluding hydrogens is 459 g/mol. The molecule has 1 N–H and O–H groups in total. The van der Waals surface area contributed by atoms with Crippen molar-refractivity contribution in [3.05, 3.63) is 71.8 Å². The van der Waals surface area contributed by atoms with Gasteiger partial charge in [-0.2, -0.15) is 4.98 Å². The monoisotopic (exact) mass is 481 g/mol. The van der Waals surface area contributed by atoms with Crippen LogP contribution in [0.2, 0.25) is 0 Å². The highest BCUT2D eigenvalue weighted by molar-refractivity contribution is 6.00. The fraction of sp³-hybridized carbons (Fsp3) is 0.280. The van der Waals surface area contributed by atoms with Crippen LogP contribution in [0, 0.1) is 23.4 Å². The summed E-state index contributed by atoms with van der Waals surface area (Å²) in [6.45, 7) is 2.72. The summed E-state index contributed by atoms with van der Waals surface area (Å²) in [7, 11) is 0. The predicted octanol–water partition coefficient (Wildman–Crippen LogP) is 5.05. The van der Waals surface area contributed by atoms with Gasteiger partial charge in [-0.25, -0.2) is 23.1 Å². The van der Waals surface area contributed by atoms with Gasteiger partial charge in [0.15, 0.2) is 11.4 Å². The van der Waals surface area contributed by atoms with Crippen molar-refractivity contribution in [2.24, 2.45) is 5.92 Å². The van der Waals surface area contributed by atoms with Crippen LogP contribution in [-0.4, -0.2) is 44.9 Å². The summed E-state index contributed by atoms with van der Waals surface area (Å²) in [5.74, 6) is -2.59. The van der Waals surface area contributed by atoms with Crippen LogP contribution in [0.4, 0.5) is 19.2 Å². The van der Waals surface area contributed by atoms with E-state index in [0.717, 1.165) is 25.0 Å². The molecule has 10 heteroatoms. The Kier molecular flexibility index (Phi) is 6.10. The minimum absolute atomic E-state index is 0.00629. The van der Waals surface area contributed by atoms with Crippen LogP contribution in [0.5, 0.6) is 0 Å². The third-order valence-corrected chi connectivity index (χ3v) is 6.26. The average Bonchev–Trinajstić information content (AvgIpc) is 3.24. The molecule has 1 aliphatic heterocycles. The molecule has 180 valence electrons. The maximum atomic E-state index is 14.8. The molecule has 0 aliphatic carbocycles. The van der Waals surface area contributed by atoms with E-state index in [2.05, 4.69) is 20.3 Å². The highest BCUT2D eigenvalue weighted by Crippen LogP contribution is 2.31. The summed E-state index contributed by atoms with van der Waals surface area (Å²) in [6, 6.07) is 7.26. The van der Waals surface area contributed by atoms with Crippen molar-refractivity contribution in [1.82, 2.24) is 19.9 Å². The summed E-state index contributed by atoms with van der Waals surface area (Å²) in [4.78, 5) is 27.7. The van der Waals surface area contributed by atoms with Gasteiger partial charge in [0.05, 0.1) is 17.2 Å². The summed E-state index contributed by atoms with van der Waals surface area (Å²) in [5.41, 5.74) is 0.536. The Morgan fingerprint density at radius 2 is 1.94 bits per heavy atom. The normalized spacial score (nSPS) is 18.1. The van der Waals surface area contributed by atoms with E-state index in [1.165, 1.54) is 30.6 Å². The van der Waals surface area contributed by atoms with Gasteiger partial charge in [-0.3, -0.25) is 4.79 Å². The molecule has 1 fully saturated rings. The Bertz CT molecular complexity index is 1380. The Hall–Kier alpha value is -3.95. The van der Waals surface area contributed by atoms with E-state index in [-0.39, 0.29) is 41.5 Å². The number of carbonyl (C=O) groups excluding carboxylic acids is 1. The van der Waals surface area contributed by atoms with Crippen molar-refractivity contribution >= 4 is 23.0 Å². The molecule has 35 heavy (non-hydrogen) atoms. The Morgan fingerprint density at radius 1 is 1.14 bits per heavy atom. The first-order chi connectivity index (χ1) is 16.9. The lowest BCUT2D eigenvalue weighted by Crippen LogP contribution is -2.51. The molecule has 2 atom stereocenters. The van der Waals surface area contributed by atoms with Gasteiger partial charge in [0.1, 0.15) is 23.0 Å². The first kappa shape index (κ1) is 22.8. The number of piperidine rings is 1. The summed E-state index contributed by atoms with van der Waals surface area (Å²) >= 11 is 0. The van der Waals surface area contributed by atoms with E-state index in [9.17, 15) is 18.0 Å². The van der Waals surface area contributed by atoms with Crippen molar-refractivity contribution in [1.29, 1.82) is 0 Å². The van der Waals surface area contributed by atoms with Crippen LogP contribution in [0.3, 0.4) is 0 Å².